The number of pyridine rings is 1. The number of ether oxygens (including phenoxy) is 2. The molecule has 1 aromatic heterocycles. The number of hydrogen-bond donors (Lipinski definition) is 1. The van der Waals surface area contributed by atoms with Crippen molar-refractivity contribution in [1.29, 1.82) is 0 Å². The molecule has 8 heteroatoms. The fourth-order valence-electron chi connectivity index (χ4n) is 5.87. The minimum absolute atomic E-state index is 0.0193. The lowest BCUT2D eigenvalue weighted by molar-refractivity contribution is 0.0803. The van der Waals surface area contributed by atoms with Crippen LogP contribution >= 0.6 is 0 Å². The number of benzene rings is 1. The lowest BCUT2D eigenvalue weighted by Crippen LogP contribution is -2.49. The molecule has 40 heavy (non-hydrogen) atoms. The number of carbonyl (C=O) groups is 1. The van der Waals surface area contributed by atoms with E-state index < -0.39 is 0 Å². The highest BCUT2D eigenvalue weighted by molar-refractivity contribution is 5.92. The van der Waals surface area contributed by atoms with Crippen molar-refractivity contribution < 1.29 is 14.3 Å². The number of hydrogen-bond acceptors (Lipinski definition) is 6. The van der Waals surface area contributed by atoms with Crippen LogP contribution in [0.15, 0.2) is 42.6 Å². The number of anilines is 2. The Hall–Kier alpha value is -2.68. The van der Waals surface area contributed by atoms with Gasteiger partial charge in [0.1, 0.15) is 5.82 Å². The lowest BCUT2D eigenvalue weighted by atomic mass is 9.86. The molecule has 0 unspecified atom stereocenters. The predicted molar refractivity (Wildman–Crippen MR) is 160 cm³/mol. The zero-order chi connectivity index (χ0) is 28.0. The van der Waals surface area contributed by atoms with E-state index in [0.717, 1.165) is 83.1 Å². The first-order chi connectivity index (χ1) is 19.3. The monoisotopic (exact) mass is 549 g/mol. The maximum absolute atomic E-state index is 13.6. The SMILES string of the molecule is CC(C)(C)c1ccc(CN2CCC(CN(C(=O)NC3CCOCC3)c3ccc(N4CCOCC4)nc3)CC2)cc1. The summed E-state index contributed by atoms with van der Waals surface area (Å²) >= 11 is 0. The fourth-order valence-corrected chi connectivity index (χ4v) is 5.87. The number of rotatable bonds is 7. The summed E-state index contributed by atoms with van der Waals surface area (Å²) in [6.45, 7) is 15.1. The molecule has 1 N–H and O–H groups in total. The molecule has 3 aliphatic heterocycles. The topological polar surface area (TPSA) is 70.2 Å². The van der Waals surface area contributed by atoms with Crippen molar-refractivity contribution in [2.75, 3.05) is 69.0 Å². The third kappa shape index (κ3) is 7.74. The van der Waals surface area contributed by atoms with E-state index in [1.165, 1.54) is 11.1 Å². The summed E-state index contributed by atoms with van der Waals surface area (Å²) in [5.74, 6) is 1.40. The maximum Gasteiger partial charge on any atom is 0.322 e. The standard InChI is InChI=1S/C32H47N5O3/c1-32(2,3)27-6-4-25(5-7-27)23-35-14-10-26(11-15-35)24-37(31(38)34-28-12-18-39-19-13-28)29-8-9-30(33-22-29)36-16-20-40-21-17-36/h4-9,22,26,28H,10-21,23-24H2,1-3H3,(H,34,38). The minimum atomic E-state index is -0.0193. The molecule has 2 aromatic rings. The minimum Gasteiger partial charge on any atom is -0.381 e. The van der Waals surface area contributed by atoms with Crippen molar-refractivity contribution in [3.8, 4) is 0 Å². The van der Waals surface area contributed by atoms with Gasteiger partial charge in [0.2, 0.25) is 0 Å². The van der Waals surface area contributed by atoms with E-state index in [2.05, 4.69) is 66.2 Å². The van der Waals surface area contributed by atoms with Crippen LogP contribution in [-0.4, -0.2) is 81.1 Å². The number of urea groups is 1. The second kappa shape index (κ2) is 13.3. The first-order valence-electron chi connectivity index (χ1n) is 15.1. The van der Waals surface area contributed by atoms with Crippen molar-refractivity contribution in [2.45, 2.75) is 64.5 Å². The van der Waals surface area contributed by atoms with Crippen LogP contribution in [0, 0.1) is 5.92 Å². The molecule has 0 bridgehead atoms. The van der Waals surface area contributed by atoms with Gasteiger partial charge in [-0.2, -0.15) is 0 Å². The molecular weight excluding hydrogens is 502 g/mol. The van der Waals surface area contributed by atoms with Gasteiger partial charge >= 0.3 is 6.03 Å². The number of likely N-dealkylation sites (tertiary alicyclic amines) is 1. The average molecular weight is 550 g/mol. The molecule has 4 heterocycles. The highest BCUT2D eigenvalue weighted by atomic mass is 16.5. The molecule has 1 aromatic carbocycles. The van der Waals surface area contributed by atoms with Crippen LogP contribution in [0.1, 0.15) is 57.6 Å². The molecule has 0 aliphatic carbocycles. The maximum atomic E-state index is 13.6. The molecule has 8 nitrogen and oxygen atoms in total. The molecule has 5 rings (SSSR count). The molecule has 0 saturated carbocycles. The third-order valence-corrected chi connectivity index (χ3v) is 8.55. The summed E-state index contributed by atoms with van der Waals surface area (Å²) in [6, 6.07) is 13.3. The number of nitrogens with one attached hydrogen (secondary N) is 1. The van der Waals surface area contributed by atoms with Gasteiger partial charge in [-0.05, 0) is 73.4 Å². The van der Waals surface area contributed by atoms with Crippen LogP contribution < -0.4 is 15.1 Å². The van der Waals surface area contributed by atoms with Gasteiger partial charge in [-0.1, -0.05) is 45.0 Å². The molecule has 3 fully saturated rings. The Morgan fingerprint density at radius 3 is 2.23 bits per heavy atom. The molecule has 0 spiro atoms. The largest absolute Gasteiger partial charge is 0.381 e. The van der Waals surface area contributed by atoms with Crippen LogP contribution in [0.4, 0.5) is 16.3 Å². The Morgan fingerprint density at radius 2 is 1.60 bits per heavy atom. The summed E-state index contributed by atoms with van der Waals surface area (Å²) in [4.78, 5) is 25.0. The Balaban J connectivity index is 1.20. The van der Waals surface area contributed by atoms with Gasteiger partial charge in [-0.25, -0.2) is 9.78 Å². The quantitative estimate of drug-likeness (QED) is 0.534. The van der Waals surface area contributed by atoms with Crippen molar-refractivity contribution in [3.63, 3.8) is 0 Å². The van der Waals surface area contributed by atoms with Gasteiger partial charge in [0.05, 0.1) is 25.1 Å². The summed E-state index contributed by atoms with van der Waals surface area (Å²) in [5.41, 5.74) is 3.79. The van der Waals surface area contributed by atoms with E-state index in [-0.39, 0.29) is 17.5 Å². The van der Waals surface area contributed by atoms with Crippen molar-refractivity contribution in [3.05, 3.63) is 53.7 Å². The molecular formula is C32H47N5O3. The Kier molecular flexibility index (Phi) is 9.60. The number of aromatic nitrogens is 1. The number of carbonyl (C=O) groups excluding carboxylic acids is 1. The zero-order valence-electron chi connectivity index (χ0n) is 24.6. The Bertz CT molecular complexity index is 1070. The number of nitrogens with zero attached hydrogens (tertiary/aromatic N) is 4. The van der Waals surface area contributed by atoms with E-state index in [9.17, 15) is 4.79 Å². The van der Waals surface area contributed by atoms with Crippen LogP contribution in [0.25, 0.3) is 0 Å². The van der Waals surface area contributed by atoms with Gasteiger partial charge in [0.25, 0.3) is 0 Å². The van der Waals surface area contributed by atoms with Gasteiger partial charge < -0.3 is 19.7 Å². The lowest BCUT2D eigenvalue weighted by Gasteiger charge is -2.36. The van der Waals surface area contributed by atoms with Gasteiger partial charge in [-0.15, -0.1) is 0 Å². The molecule has 3 aliphatic rings. The van der Waals surface area contributed by atoms with Crippen molar-refractivity contribution in [1.82, 2.24) is 15.2 Å². The Morgan fingerprint density at radius 1 is 0.925 bits per heavy atom. The summed E-state index contributed by atoms with van der Waals surface area (Å²) in [5, 5.41) is 3.28. The molecule has 2 amide bonds. The molecule has 3 saturated heterocycles. The molecule has 0 radical (unpaired) electrons. The van der Waals surface area contributed by atoms with Crippen LogP contribution in [0.2, 0.25) is 0 Å². The highest BCUT2D eigenvalue weighted by Crippen LogP contribution is 2.26. The number of piperidine rings is 1. The van der Waals surface area contributed by atoms with E-state index in [0.29, 0.717) is 25.7 Å². The molecule has 0 atom stereocenters. The number of amides is 2. The van der Waals surface area contributed by atoms with E-state index in [1.54, 1.807) is 0 Å². The molecule has 218 valence electrons. The zero-order valence-corrected chi connectivity index (χ0v) is 24.6. The second-order valence-electron chi connectivity index (χ2n) is 12.6. The predicted octanol–water partition coefficient (Wildman–Crippen LogP) is 4.82. The van der Waals surface area contributed by atoms with Crippen LogP contribution in [0.5, 0.6) is 0 Å². The van der Waals surface area contributed by atoms with Crippen molar-refractivity contribution >= 4 is 17.5 Å². The van der Waals surface area contributed by atoms with Crippen LogP contribution in [0.3, 0.4) is 0 Å². The van der Waals surface area contributed by atoms with Crippen LogP contribution in [-0.2, 0) is 21.4 Å². The van der Waals surface area contributed by atoms with E-state index >= 15 is 0 Å². The van der Waals surface area contributed by atoms with Crippen molar-refractivity contribution in [2.24, 2.45) is 5.92 Å². The smallest absolute Gasteiger partial charge is 0.322 e. The second-order valence-corrected chi connectivity index (χ2v) is 12.6. The average Bonchev–Trinajstić information content (AvgIpc) is 2.98. The van der Waals surface area contributed by atoms with Gasteiger partial charge in [0.15, 0.2) is 0 Å². The summed E-state index contributed by atoms with van der Waals surface area (Å²) < 4.78 is 11.0. The van der Waals surface area contributed by atoms with Gasteiger partial charge in [0, 0.05) is 45.4 Å². The van der Waals surface area contributed by atoms with Gasteiger partial charge in [-0.3, -0.25) is 9.80 Å². The van der Waals surface area contributed by atoms with E-state index in [1.807, 2.05) is 17.2 Å². The first-order valence-corrected chi connectivity index (χ1v) is 15.1. The Labute approximate surface area is 240 Å². The number of morpholine rings is 1. The van der Waals surface area contributed by atoms with E-state index in [4.69, 9.17) is 14.5 Å². The summed E-state index contributed by atoms with van der Waals surface area (Å²) in [6.07, 6.45) is 5.76. The first kappa shape index (κ1) is 28.8. The highest BCUT2D eigenvalue weighted by Gasteiger charge is 2.27. The normalized spacial score (nSPS) is 19.9. The fraction of sp³-hybridized carbons (Fsp3) is 0.625. The summed E-state index contributed by atoms with van der Waals surface area (Å²) in [7, 11) is 0. The third-order valence-electron chi connectivity index (χ3n) is 8.55.